The van der Waals surface area contributed by atoms with Crippen LogP contribution < -0.4 is 4.90 Å². The van der Waals surface area contributed by atoms with Crippen molar-refractivity contribution in [1.29, 1.82) is 0 Å². The number of alkyl halides is 3. The van der Waals surface area contributed by atoms with Crippen molar-refractivity contribution < 1.29 is 21.6 Å². The summed E-state index contributed by atoms with van der Waals surface area (Å²) in [7, 11) is -3.24. The van der Waals surface area contributed by atoms with Crippen LogP contribution in [0.1, 0.15) is 12.0 Å². The molecule has 106 valence electrons. The van der Waals surface area contributed by atoms with E-state index in [-0.39, 0.29) is 18.9 Å². The first-order valence-corrected chi connectivity index (χ1v) is 7.61. The van der Waals surface area contributed by atoms with E-state index in [1.165, 1.54) is 17.2 Å². The van der Waals surface area contributed by atoms with Crippen LogP contribution >= 0.6 is 0 Å². The van der Waals surface area contributed by atoms with Crippen molar-refractivity contribution in [2.24, 2.45) is 0 Å². The van der Waals surface area contributed by atoms with Crippen molar-refractivity contribution in [2.45, 2.75) is 17.8 Å². The number of halogens is 3. The topological polar surface area (TPSA) is 50.3 Å². The van der Waals surface area contributed by atoms with Gasteiger partial charge in [-0.1, -0.05) is 0 Å². The number of hydrogen-bond acceptors (Lipinski definition) is 4. The van der Waals surface area contributed by atoms with Crippen molar-refractivity contribution in [1.82, 2.24) is 4.98 Å². The molecule has 2 heterocycles. The van der Waals surface area contributed by atoms with E-state index in [1.807, 2.05) is 0 Å². The van der Waals surface area contributed by atoms with Crippen LogP contribution in [0.15, 0.2) is 18.3 Å². The van der Waals surface area contributed by atoms with Gasteiger partial charge in [0.1, 0.15) is 5.82 Å². The van der Waals surface area contributed by atoms with Crippen molar-refractivity contribution >= 4 is 15.7 Å². The summed E-state index contributed by atoms with van der Waals surface area (Å²) < 4.78 is 61.4. The summed E-state index contributed by atoms with van der Waals surface area (Å²) >= 11 is 0. The van der Waals surface area contributed by atoms with Gasteiger partial charge in [-0.3, -0.25) is 0 Å². The smallest absolute Gasteiger partial charge is 0.355 e. The van der Waals surface area contributed by atoms with E-state index in [0.717, 1.165) is 12.3 Å². The van der Waals surface area contributed by atoms with E-state index in [9.17, 15) is 21.6 Å². The molecule has 1 atom stereocenters. The Kier molecular flexibility index (Phi) is 3.46. The van der Waals surface area contributed by atoms with E-state index in [4.69, 9.17) is 0 Å². The molecule has 1 fully saturated rings. The van der Waals surface area contributed by atoms with Crippen LogP contribution in [0.2, 0.25) is 0 Å². The van der Waals surface area contributed by atoms with Gasteiger partial charge in [0.2, 0.25) is 0 Å². The fraction of sp³-hybridized carbons (Fsp3) is 0.545. The van der Waals surface area contributed by atoms with Crippen LogP contribution in [0.4, 0.5) is 19.0 Å². The van der Waals surface area contributed by atoms with E-state index in [2.05, 4.69) is 4.98 Å². The summed E-state index contributed by atoms with van der Waals surface area (Å²) in [4.78, 5) is 5.14. The number of pyridine rings is 1. The molecule has 1 saturated heterocycles. The number of nitrogens with zero attached hydrogens (tertiary/aromatic N) is 2. The SMILES string of the molecule is CS(=O)(=O)C1CCN(c2ncccc2C(F)(F)F)C1. The Labute approximate surface area is 109 Å². The van der Waals surface area contributed by atoms with Crippen LogP contribution in [0, 0.1) is 0 Å². The first-order chi connectivity index (χ1) is 8.69. The van der Waals surface area contributed by atoms with Crippen LogP contribution in [-0.2, 0) is 16.0 Å². The van der Waals surface area contributed by atoms with E-state index in [0.29, 0.717) is 6.42 Å². The zero-order valence-corrected chi connectivity index (χ0v) is 11.0. The molecule has 1 aliphatic heterocycles. The molecule has 1 aromatic rings. The standard InChI is InChI=1S/C11H13F3N2O2S/c1-19(17,18)8-4-6-16(7-8)10-9(11(12,13)14)3-2-5-15-10/h2-3,5,8H,4,6-7H2,1H3. The molecule has 0 aliphatic carbocycles. The molecule has 0 bridgehead atoms. The summed E-state index contributed by atoms with van der Waals surface area (Å²) in [6, 6.07) is 2.17. The lowest BCUT2D eigenvalue weighted by Gasteiger charge is -2.21. The number of sulfone groups is 1. The Morgan fingerprint density at radius 1 is 1.42 bits per heavy atom. The first kappa shape index (κ1) is 14.1. The van der Waals surface area contributed by atoms with Gasteiger partial charge < -0.3 is 4.90 Å². The fourth-order valence-corrected chi connectivity index (χ4v) is 3.12. The second kappa shape index (κ2) is 4.66. The van der Waals surface area contributed by atoms with Gasteiger partial charge in [0, 0.05) is 25.5 Å². The Morgan fingerprint density at radius 3 is 2.63 bits per heavy atom. The molecule has 2 rings (SSSR count). The van der Waals surface area contributed by atoms with Gasteiger partial charge in [-0.05, 0) is 18.6 Å². The average molecular weight is 294 g/mol. The highest BCUT2D eigenvalue weighted by molar-refractivity contribution is 7.91. The summed E-state index contributed by atoms with van der Waals surface area (Å²) in [5.74, 6) is -0.193. The predicted octanol–water partition coefficient (Wildman–Crippen LogP) is 1.72. The lowest BCUT2D eigenvalue weighted by Crippen LogP contribution is -2.28. The molecule has 1 aliphatic rings. The van der Waals surface area contributed by atoms with Crippen molar-refractivity contribution in [3.05, 3.63) is 23.9 Å². The molecule has 0 N–H and O–H groups in total. The highest BCUT2D eigenvalue weighted by Gasteiger charge is 2.38. The highest BCUT2D eigenvalue weighted by atomic mass is 32.2. The summed E-state index contributed by atoms with van der Waals surface area (Å²) in [6.45, 7) is 0.316. The zero-order valence-electron chi connectivity index (χ0n) is 10.2. The summed E-state index contributed by atoms with van der Waals surface area (Å²) in [5.41, 5.74) is -0.829. The van der Waals surface area contributed by atoms with Crippen LogP contribution in [0.25, 0.3) is 0 Å². The molecule has 19 heavy (non-hydrogen) atoms. The molecule has 4 nitrogen and oxygen atoms in total. The van der Waals surface area contributed by atoms with Gasteiger partial charge in [0.25, 0.3) is 0 Å². The molecule has 0 aromatic carbocycles. The van der Waals surface area contributed by atoms with Crippen molar-refractivity contribution in [3.63, 3.8) is 0 Å². The maximum Gasteiger partial charge on any atom is 0.419 e. The van der Waals surface area contributed by atoms with Gasteiger partial charge >= 0.3 is 6.18 Å². The monoisotopic (exact) mass is 294 g/mol. The second-order valence-electron chi connectivity index (χ2n) is 4.56. The minimum Gasteiger partial charge on any atom is -0.355 e. The largest absolute Gasteiger partial charge is 0.419 e. The maximum absolute atomic E-state index is 12.8. The third-order valence-electron chi connectivity index (χ3n) is 3.14. The zero-order chi connectivity index (χ0) is 14.3. The quantitative estimate of drug-likeness (QED) is 0.833. The minimum atomic E-state index is -4.49. The summed E-state index contributed by atoms with van der Waals surface area (Å²) in [5, 5.41) is -0.629. The number of anilines is 1. The Morgan fingerprint density at radius 2 is 2.11 bits per heavy atom. The van der Waals surface area contributed by atoms with Crippen molar-refractivity contribution in [2.75, 3.05) is 24.2 Å². The average Bonchev–Trinajstić information content (AvgIpc) is 2.76. The maximum atomic E-state index is 12.8. The Bertz CT molecular complexity index is 572. The number of rotatable bonds is 2. The van der Waals surface area contributed by atoms with Gasteiger partial charge in [0.15, 0.2) is 9.84 Å². The number of hydrogen-bond donors (Lipinski definition) is 0. The van der Waals surface area contributed by atoms with Gasteiger partial charge in [0.05, 0.1) is 10.8 Å². The molecule has 0 radical (unpaired) electrons. The first-order valence-electron chi connectivity index (χ1n) is 5.65. The molecule has 0 saturated carbocycles. The van der Waals surface area contributed by atoms with Crippen LogP contribution in [0.5, 0.6) is 0 Å². The normalized spacial score (nSPS) is 20.8. The van der Waals surface area contributed by atoms with Crippen LogP contribution in [0.3, 0.4) is 0 Å². The molecule has 1 aromatic heterocycles. The van der Waals surface area contributed by atoms with Crippen molar-refractivity contribution in [3.8, 4) is 0 Å². The van der Waals surface area contributed by atoms with E-state index in [1.54, 1.807) is 0 Å². The summed E-state index contributed by atoms with van der Waals surface area (Å²) in [6.07, 6.45) is -1.79. The van der Waals surface area contributed by atoms with Gasteiger partial charge in [-0.2, -0.15) is 13.2 Å². The molecule has 0 spiro atoms. The fourth-order valence-electron chi connectivity index (χ4n) is 2.14. The third kappa shape index (κ3) is 2.99. The highest BCUT2D eigenvalue weighted by Crippen LogP contribution is 2.36. The van der Waals surface area contributed by atoms with E-state index < -0.39 is 26.8 Å². The molecule has 0 amide bonds. The molecule has 1 unspecified atom stereocenters. The minimum absolute atomic E-state index is 0.0545. The Balaban J connectivity index is 2.30. The van der Waals surface area contributed by atoms with Gasteiger partial charge in [-0.25, -0.2) is 13.4 Å². The molecule has 8 heteroatoms. The predicted molar refractivity (Wildman–Crippen MR) is 64.7 cm³/mol. The lowest BCUT2D eigenvalue weighted by molar-refractivity contribution is -0.137. The van der Waals surface area contributed by atoms with Gasteiger partial charge in [-0.15, -0.1) is 0 Å². The van der Waals surface area contributed by atoms with E-state index >= 15 is 0 Å². The number of aromatic nitrogens is 1. The molecular formula is C11H13F3N2O2S. The van der Waals surface area contributed by atoms with Crippen LogP contribution in [-0.4, -0.2) is 38.0 Å². The second-order valence-corrected chi connectivity index (χ2v) is 6.88. The molecular weight excluding hydrogens is 281 g/mol. The Hall–Kier alpha value is -1.31. The lowest BCUT2D eigenvalue weighted by atomic mass is 10.2. The third-order valence-corrected chi connectivity index (χ3v) is 4.74.